The van der Waals surface area contributed by atoms with Crippen molar-refractivity contribution in [1.29, 1.82) is 0 Å². The average Bonchev–Trinajstić information content (AvgIpc) is 2.71. The van der Waals surface area contributed by atoms with E-state index in [0.29, 0.717) is 0 Å². The van der Waals surface area contributed by atoms with Gasteiger partial charge < -0.3 is 30.7 Å². The third-order valence-electron chi connectivity index (χ3n) is 3.50. The lowest BCUT2D eigenvalue weighted by molar-refractivity contribution is -0.114. The normalized spacial score (nSPS) is 9.93. The fourth-order valence-electron chi connectivity index (χ4n) is 2.38. The number of halogens is 2. The number of hydrogen-bond donors (Lipinski definition) is 4. The molecular weight excluding hydrogens is 415 g/mol. The molecule has 0 saturated carbocycles. The van der Waals surface area contributed by atoms with E-state index in [1.54, 1.807) is 0 Å². The van der Waals surface area contributed by atoms with Crippen LogP contribution in [0.1, 0.15) is 20.7 Å². The number of nitrogens with one attached hydrogen (secondary N) is 4. The Balaban J connectivity index is 4.08. The largest absolute Gasteiger partial charge is 0.494 e. The van der Waals surface area contributed by atoms with E-state index in [-0.39, 0.29) is 34.0 Å². The highest BCUT2D eigenvalue weighted by Crippen LogP contribution is 2.46. The van der Waals surface area contributed by atoms with Gasteiger partial charge in [-0.1, -0.05) is 0 Å². The van der Waals surface area contributed by atoms with Crippen LogP contribution in [0.2, 0.25) is 0 Å². The van der Waals surface area contributed by atoms with Crippen molar-refractivity contribution in [3.05, 3.63) is 11.1 Å². The Morgan fingerprint density at radius 2 is 1.07 bits per heavy atom. The molecule has 0 aliphatic heterocycles. The topological polar surface area (TPSA) is 135 Å². The summed E-state index contributed by atoms with van der Waals surface area (Å²) >= 11 is 11.1. The van der Waals surface area contributed by atoms with E-state index >= 15 is 0 Å². The molecule has 10 nitrogen and oxygen atoms in total. The van der Waals surface area contributed by atoms with Crippen molar-refractivity contribution in [2.45, 2.75) is 0 Å². The quantitative estimate of drug-likeness (QED) is 0.446. The molecule has 1 aromatic carbocycles. The van der Waals surface area contributed by atoms with Crippen LogP contribution in [0, 0.1) is 0 Å². The Kier molecular flexibility index (Phi) is 8.80. The number of benzene rings is 1. The Bertz CT molecular complexity index is 734. The van der Waals surface area contributed by atoms with Crippen molar-refractivity contribution >= 4 is 58.2 Å². The summed E-state index contributed by atoms with van der Waals surface area (Å²) in [6.45, 7) is 0. The van der Waals surface area contributed by atoms with Gasteiger partial charge in [-0.2, -0.15) is 0 Å². The van der Waals surface area contributed by atoms with Crippen molar-refractivity contribution in [2.24, 2.45) is 0 Å². The summed E-state index contributed by atoms with van der Waals surface area (Å²) in [7, 11) is 5.16. The molecule has 0 unspecified atom stereocenters. The molecule has 0 spiro atoms. The summed E-state index contributed by atoms with van der Waals surface area (Å²) in [6, 6.07) is 0. The van der Waals surface area contributed by atoms with E-state index < -0.39 is 35.4 Å². The molecule has 154 valence electrons. The number of carbonyl (C=O) groups excluding carboxylic acids is 4. The van der Waals surface area contributed by atoms with Crippen LogP contribution < -0.4 is 30.7 Å². The Morgan fingerprint density at radius 1 is 0.750 bits per heavy atom. The van der Waals surface area contributed by atoms with E-state index in [1.165, 1.54) is 28.3 Å². The predicted molar refractivity (Wildman–Crippen MR) is 105 cm³/mol. The van der Waals surface area contributed by atoms with E-state index in [9.17, 15) is 19.2 Å². The highest BCUT2D eigenvalue weighted by molar-refractivity contribution is 6.30. The first-order chi connectivity index (χ1) is 13.3. The van der Waals surface area contributed by atoms with Gasteiger partial charge in [0.25, 0.3) is 11.8 Å². The minimum absolute atomic E-state index is 0.146. The molecule has 0 bridgehead atoms. The summed E-state index contributed by atoms with van der Waals surface area (Å²) in [6.07, 6.45) is 0. The zero-order chi connectivity index (χ0) is 21.4. The number of alkyl halides is 2. The molecule has 4 N–H and O–H groups in total. The third-order valence-corrected chi connectivity index (χ3v) is 3.98. The summed E-state index contributed by atoms with van der Waals surface area (Å²) in [5.74, 6) is -3.86. The van der Waals surface area contributed by atoms with Gasteiger partial charge in [0.1, 0.15) is 34.3 Å². The van der Waals surface area contributed by atoms with Gasteiger partial charge in [0.2, 0.25) is 11.8 Å². The van der Waals surface area contributed by atoms with Crippen LogP contribution in [0.3, 0.4) is 0 Å². The molecular formula is C16H20Cl2N4O6. The molecule has 0 aliphatic rings. The zero-order valence-corrected chi connectivity index (χ0v) is 17.1. The van der Waals surface area contributed by atoms with Gasteiger partial charge in [0, 0.05) is 14.1 Å². The van der Waals surface area contributed by atoms with Gasteiger partial charge >= 0.3 is 0 Å². The minimum atomic E-state index is -0.676. The van der Waals surface area contributed by atoms with Crippen LogP contribution in [0.4, 0.5) is 11.4 Å². The molecule has 0 saturated heterocycles. The fourth-order valence-corrected chi connectivity index (χ4v) is 2.51. The lowest BCUT2D eigenvalue weighted by Gasteiger charge is -2.23. The van der Waals surface area contributed by atoms with Gasteiger partial charge in [-0.25, -0.2) is 0 Å². The van der Waals surface area contributed by atoms with Crippen molar-refractivity contribution < 1.29 is 28.7 Å². The first kappa shape index (κ1) is 23.3. The first-order valence-corrected chi connectivity index (χ1v) is 8.85. The number of ether oxygens (including phenoxy) is 2. The van der Waals surface area contributed by atoms with Crippen LogP contribution in [0.5, 0.6) is 11.5 Å². The van der Waals surface area contributed by atoms with Gasteiger partial charge in [-0.3, -0.25) is 19.2 Å². The number of anilines is 2. The SMILES string of the molecule is CNC(=O)c1c(NC(=O)CCl)c(OC)c(C(=O)NC)c(NC(=O)CCl)c1OC. The number of hydrogen-bond acceptors (Lipinski definition) is 6. The van der Waals surface area contributed by atoms with E-state index in [0.717, 1.165) is 0 Å². The standard InChI is InChI=1S/C16H20Cl2N4O6/c1-19-15(25)9-11(21-7(23)5-17)14(28-4)10(16(26)20-2)12(13(9)27-3)22-8(24)6-18/h5-6H2,1-4H3,(H,19,25)(H,20,26)(H,21,23)(H,22,24). The van der Waals surface area contributed by atoms with Crippen LogP contribution in [0.25, 0.3) is 0 Å². The summed E-state index contributed by atoms with van der Waals surface area (Å²) in [4.78, 5) is 48.9. The van der Waals surface area contributed by atoms with Crippen LogP contribution >= 0.6 is 23.2 Å². The highest BCUT2D eigenvalue weighted by atomic mass is 35.5. The molecule has 0 fully saturated rings. The monoisotopic (exact) mass is 434 g/mol. The Hall–Kier alpha value is -2.72. The van der Waals surface area contributed by atoms with Gasteiger partial charge in [-0.15, -0.1) is 23.2 Å². The van der Waals surface area contributed by atoms with Gasteiger partial charge in [-0.05, 0) is 0 Å². The highest BCUT2D eigenvalue weighted by Gasteiger charge is 2.33. The second-order valence-electron chi connectivity index (χ2n) is 5.09. The van der Waals surface area contributed by atoms with Crippen molar-refractivity contribution in [1.82, 2.24) is 10.6 Å². The molecule has 0 radical (unpaired) electrons. The fraction of sp³-hybridized carbons (Fsp3) is 0.375. The third kappa shape index (κ3) is 4.76. The Labute approximate surface area is 171 Å². The zero-order valence-electron chi connectivity index (χ0n) is 15.6. The van der Waals surface area contributed by atoms with Gasteiger partial charge in [0.15, 0.2) is 11.5 Å². The first-order valence-electron chi connectivity index (χ1n) is 7.78. The van der Waals surface area contributed by atoms with Crippen molar-refractivity contribution in [3.8, 4) is 11.5 Å². The van der Waals surface area contributed by atoms with Crippen LogP contribution in [-0.2, 0) is 9.59 Å². The number of methoxy groups -OCH3 is 2. The molecule has 1 aromatic rings. The lowest BCUT2D eigenvalue weighted by atomic mass is 10.0. The van der Waals surface area contributed by atoms with Crippen LogP contribution in [0.15, 0.2) is 0 Å². The van der Waals surface area contributed by atoms with Crippen LogP contribution in [-0.4, -0.2) is 63.7 Å². The summed E-state index contributed by atoms with van der Waals surface area (Å²) in [5.41, 5.74) is -0.658. The minimum Gasteiger partial charge on any atom is -0.494 e. The second-order valence-corrected chi connectivity index (χ2v) is 5.62. The summed E-state index contributed by atoms with van der Waals surface area (Å²) in [5, 5.41) is 9.65. The molecule has 12 heteroatoms. The van der Waals surface area contributed by atoms with Crippen molar-refractivity contribution in [2.75, 3.05) is 50.7 Å². The molecule has 4 amide bonds. The molecule has 1 rings (SSSR count). The van der Waals surface area contributed by atoms with Gasteiger partial charge in [0.05, 0.1) is 14.2 Å². The molecule has 0 atom stereocenters. The molecule has 28 heavy (non-hydrogen) atoms. The van der Waals surface area contributed by atoms with E-state index in [2.05, 4.69) is 21.3 Å². The lowest BCUT2D eigenvalue weighted by Crippen LogP contribution is -2.28. The van der Waals surface area contributed by atoms with Crippen molar-refractivity contribution in [3.63, 3.8) is 0 Å². The maximum Gasteiger partial charge on any atom is 0.257 e. The predicted octanol–water partition coefficient (Wildman–Crippen LogP) is 0.778. The smallest absolute Gasteiger partial charge is 0.257 e. The number of rotatable bonds is 8. The maximum absolute atomic E-state index is 12.5. The van der Waals surface area contributed by atoms with E-state index in [1.807, 2.05) is 0 Å². The Morgan fingerprint density at radius 3 is 1.29 bits per heavy atom. The maximum atomic E-state index is 12.5. The summed E-state index contributed by atoms with van der Waals surface area (Å²) < 4.78 is 10.6. The molecule has 0 heterocycles. The molecule has 0 aliphatic carbocycles. The molecule has 0 aromatic heterocycles. The number of amides is 4. The van der Waals surface area contributed by atoms with E-state index in [4.69, 9.17) is 32.7 Å². The number of carbonyl (C=O) groups is 4. The second kappa shape index (κ2) is 10.6. The average molecular weight is 435 g/mol.